The fourth-order valence-electron chi connectivity index (χ4n) is 2.07. The van der Waals surface area contributed by atoms with Gasteiger partial charge in [0.25, 0.3) is 0 Å². The van der Waals surface area contributed by atoms with Crippen LogP contribution in [0.4, 0.5) is 0 Å². The van der Waals surface area contributed by atoms with Gasteiger partial charge in [-0.1, -0.05) is 91.1 Å². The van der Waals surface area contributed by atoms with Crippen molar-refractivity contribution in [2.75, 3.05) is 0 Å². The van der Waals surface area contributed by atoms with E-state index in [-0.39, 0.29) is 6.42 Å². The lowest BCUT2D eigenvalue weighted by molar-refractivity contribution is -0.136. The van der Waals surface area contributed by atoms with E-state index >= 15 is 0 Å². The summed E-state index contributed by atoms with van der Waals surface area (Å²) in [7, 11) is 0. The van der Waals surface area contributed by atoms with Crippen LogP contribution in [0, 0.1) is 0 Å². The van der Waals surface area contributed by atoms with E-state index in [0.29, 0.717) is 6.42 Å². The molecule has 2 aromatic rings. The number of aryl methyl sites for hydroxylation is 1. The van der Waals surface area contributed by atoms with Gasteiger partial charge in [0.1, 0.15) is 0 Å². The summed E-state index contributed by atoms with van der Waals surface area (Å²) in [6, 6.07) is 18.1. The van der Waals surface area contributed by atoms with Crippen LogP contribution < -0.4 is 0 Å². The van der Waals surface area contributed by atoms with E-state index in [1.54, 1.807) is 0 Å². The van der Waals surface area contributed by atoms with Gasteiger partial charge in [0.2, 0.25) is 0 Å². The Morgan fingerprint density at radius 2 is 1.35 bits per heavy atom. The zero-order chi connectivity index (χ0) is 16.3. The van der Waals surface area contributed by atoms with Gasteiger partial charge in [-0.3, -0.25) is 4.79 Å². The third kappa shape index (κ3) is 6.62. The molecule has 0 radical (unpaired) electrons. The minimum atomic E-state index is -0.761. The molecular formula is C21H20O2. The molecule has 2 nitrogen and oxygen atoms in total. The molecule has 0 spiro atoms. The molecule has 0 unspecified atom stereocenters. The molecule has 2 heteroatoms. The normalized spacial score (nSPS) is 11.7. The van der Waals surface area contributed by atoms with Gasteiger partial charge in [0.05, 0.1) is 0 Å². The van der Waals surface area contributed by atoms with Gasteiger partial charge in [-0.2, -0.15) is 0 Å². The molecule has 0 aliphatic rings. The Bertz CT molecular complexity index is 692. The number of aliphatic carboxylic acids is 1. The lowest BCUT2D eigenvalue weighted by Crippen LogP contribution is -1.97. The van der Waals surface area contributed by atoms with Crippen LogP contribution in [0.15, 0.2) is 78.9 Å². The summed E-state index contributed by atoms with van der Waals surface area (Å²) in [6.07, 6.45) is 12.8. The predicted molar refractivity (Wildman–Crippen MR) is 96.0 cm³/mol. The highest BCUT2D eigenvalue weighted by Gasteiger charge is 1.98. The summed E-state index contributed by atoms with van der Waals surface area (Å²) in [4.78, 5) is 10.5. The summed E-state index contributed by atoms with van der Waals surface area (Å²) in [5, 5.41) is 8.66. The van der Waals surface area contributed by atoms with Crippen molar-refractivity contribution in [2.24, 2.45) is 0 Å². The first kappa shape index (κ1) is 16.5. The molecule has 0 aromatic heterocycles. The Morgan fingerprint density at radius 3 is 1.91 bits per heavy atom. The Hall–Kier alpha value is -2.87. The minimum absolute atomic E-state index is 0.172. The van der Waals surface area contributed by atoms with E-state index in [2.05, 4.69) is 18.2 Å². The molecule has 0 atom stereocenters. The van der Waals surface area contributed by atoms with Crippen molar-refractivity contribution in [3.05, 3.63) is 95.6 Å². The molecule has 0 heterocycles. The van der Waals surface area contributed by atoms with Crippen LogP contribution >= 0.6 is 0 Å². The first-order valence-corrected chi connectivity index (χ1v) is 7.61. The molecule has 0 amide bonds. The van der Waals surface area contributed by atoms with Gasteiger partial charge in [0.15, 0.2) is 0 Å². The van der Waals surface area contributed by atoms with Gasteiger partial charge in [-0.15, -0.1) is 0 Å². The third-order valence-electron chi connectivity index (χ3n) is 3.32. The van der Waals surface area contributed by atoms with Gasteiger partial charge in [-0.05, 0) is 23.1 Å². The third-order valence-corrected chi connectivity index (χ3v) is 3.32. The molecule has 1 N–H and O–H groups in total. The second-order valence-electron chi connectivity index (χ2n) is 5.15. The van der Waals surface area contributed by atoms with Crippen LogP contribution in [0.1, 0.15) is 23.1 Å². The zero-order valence-electron chi connectivity index (χ0n) is 12.9. The van der Waals surface area contributed by atoms with Crippen molar-refractivity contribution in [1.82, 2.24) is 0 Å². The molecule has 23 heavy (non-hydrogen) atoms. The summed E-state index contributed by atoms with van der Waals surface area (Å²) in [6.45, 7) is 0. The fraction of sp³-hybridized carbons (Fsp3) is 0.0952. The van der Waals surface area contributed by atoms with Crippen molar-refractivity contribution in [1.29, 1.82) is 0 Å². The van der Waals surface area contributed by atoms with Gasteiger partial charge in [-0.25, -0.2) is 0 Å². The van der Waals surface area contributed by atoms with Crippen LogP contribution in [-0.4, -0.2) is 11.1 Å². The number of hydrogen-bond donors (Lipinski definition) is 1. The number of allylic oxidation sites excluding steroid dienone is 4. The van der Waals surface area contributed by atoms with Crippen LogP contribution in [-0.2, 0) is 11.2 Å². The highest BCUT2D eigenvalue weighted by molar-refractivity contribution is 5.67. The molecule has 0 aliphatic carbocycles. The number of carboxylic acid groups (broad SMARTS) is 1. The lowest BCUT2D eigenvalue weighted by atomic mass is 10.1. The molecule has 2 rings (SSSR count). The Morgan fingerprint density at radius 1 is 0.783 bits per heavy atom. The molecule has 0 saturated heterocycles. The van der Waals surface area contributed by atoms with Crippen LogP contribution in [0.25, 0.3) is 12.2 Å². The van der Waals surface area contributed by atoms with Crippen LogP contribution in [0.3, 0.4) is 0 Å². The quantitative estimate of drug-likeness (QED) is 0.732. The molecule has 2 aromatic carbocycles. The fourth-order valence-corrected chi connectivity index (χ4v) is 2.07. The number of rotatable bonds is 7. The topological polar surface area (TPSA) is 37.3 Å². The number of carbonyl (C=O) groups is 1. The highest BCUT2D eigenvalue weighted by Crippen LogP contribution is 2.08. The second-order valence-corrected chi connectivity index (χ2v) is 5.15. The van der Waals surface area contributed by atoms with Crippen molar-refractivity contribution < 1.29 is 9.90 Å². The SMILES string of the molecule is O=C(O)CCc1ccc(C=CC=CC=Cc2ccccc2)cc1. The van der Waals surface area contributed by atoms with Crippen molar-refractivity contribution in [3.63, 3.8) is 0 Å². The molecule has 0 saturated carbocycles. The number of carboxylic acids is 1. The van der Waals surface area contributed by atoms with Gasteiger partial charge >= 0.3 is 5.97 Å². The average molecular weight is 304 g/mol. The maximum atomic E-state index is 10.5. The molecule has 116 valence electrons. The van der Waals surface area contributed by atoms with Crippen molar-refractivity contribution in [2.45, 2.75) is 12.8 Å². The molecular weight excluding hydrogens is 284 g/mol. The minimum Gasteiger partial charge on any atom is -0.481 e. The Balaban J connectivity index is 1.82. The van der Waals surface area contributed by atoms with E-state index < -0.39 is 5.97 Å². The highest BCUT2D eigenvalue weighted by atomic mass is 16.4. The summed E-state index contributed by atoms with van der Waals surface area (Å²) >= 11 is 0. The average Bonchev–Trinajstić information content (AvgIpc) is 2.58. The van der Waals surface area contributed by atoms with E-state index in [1.807, 2.05) is 72.8 Å². The van der Waals surface area contributed by atoms with Crippen LogP contribution in [0.5, 0.6) is 0 Å². The Kier molecular flexibility index (Phi) is 6.61. The maximum absolute atomic E-state index is 10.5. The van der Waals surface area contributed by atoms with E-state index in [1.165, 1.54) is 5.56 Å². The van der Waals surface area contributed by atoms with Crippen molar-refractivity contribution in [3.8, 4) is 0 Å². The molecule has 0 bridgehead atoms. The first-order chi connectivity index (χ1) is 11.2. The summed E-state index contributed by atoms with van der Waals surface area (Å²) in [5.74, 6) is -0.761. The van der Waals surface area contributed by atoms with E-state index in [0.717, 1.165) is 11.1 Å². The molecule has 0 aliphatic heterocycles. The van der Waals surface area contributed by atoms with Gasteiger partial charge in [0, 0.05) is 6.42 Å². The standard InChI is InChI=1S/C21H20O2/c22-21(23)17-16-20-14-12-19(13-15-20)11-5-2-1-4-8-18-9-6-3-7-10-18/h1-15H,16-17H2,(H,22,23). The monoisotopic (exact) mass is 304 g/mol. The zero-order valence-corrected chi connectivity index (χ0v) is 12.9. The summed E-state index contributed by atoms with van der Waals surface area (Å²) < 4.78 is 0. The van der Waals surface area contributed by atoms with E-state index in [9.17, 15) is 4.79 Å². The lowest BCUT2D eigenvalue weighted by Gasteiger charge is -1.99. The largest absolute Gasteiger partial charge is 0.481 e. The first-order valence-electron chi connectivity index (χ1n) is 7.61. The summed E-state index contributed by atoms with van der Waals surface area (Å²) in [5.41, 5.74) is 3.32. The number of benzene rings is 2. The number of hydrogen-bond acceptors (Lipinski definition) is 1. The Labute approximate surface area is 137 Å². The van der Waals surface area contributed by atoms with Gasteiger partial charge < -0.3 is 5.11 Å². The van der Waals surface area contributed by atoms with Crippen LogP contribution in [0.2, 0.25) is 0 Å². The second kappa shape index (κ2) is 9.21. The maximum Gasteiger partial charge on any atom is 0.303 e. The van der Waals surface area contributed by atoms with Crippen molar-refractivity contribution >= 4 is 18.1 Å². The molecule has 0 fully saturated rings. The smallest absolute Gasteiger partial charge is 0.303 e. The van der Waals surface area contributed by atoms with E-state index in [4.69, 9.17) is 5.11 Å². The predicted octanol–water partition coefficient (Wildman–Crippen LogP) is 4.99.